The van der Waals surface area contributed by atoms with Crippen LogP contribution in [-0.4, -0.2) is 42.3 Å². The summed E-state index contributed by atoms with van der Waals surface area (Å²) < 4.78 is 0. The number of anilines is 2. The monoisotopic (exact) mass is 435 g/mol. The zero-order chi connectivity index (χ0) is 22.9. The lowest BCUT2D eigenvalue weighted by Crippen LogP contribution is -2.33. The van der Waals surface area contributed by atoms with Crippen LogP contribution in [0.15, 0.2) is 54.6 Å². The van der Waals surface area contributed by atoms with Crippen LogP contribution in [0.4, 0.5) is 11.4 Å². The van der Waals surface area contributed by atoms with Gasteiger partial charge >= 0.3 is 0 Å². The van der Waals surface area contributed by atoms with Crippen LogP contribution in [0, 0.1) is 5.92 Å². The Kier molecular flexibility index (Phi) is 8.42. The molecule has 32 heavy (non-hydrogen) atoms. The third-order valence-corrected chi connectivity index (χ3v) is 5.81. The number of hydrogen-bond donors (Lipinski definition) is 1. The predicted molar refractivity (Wildman–Crippen MR) is 128 cm³/mol. The van der Waals surface area contributed by atoms with E-state index in [-0.39, 0.29) is 24.1 Å². The summed E-state index contributed by atoms with van der Waals surface area (Å²) in [5.74, 6) is -0.591. The number of unbranched alkanes of at least 4 members (excludes halogenated alkanes) is 2. The van der Waals surface area contributed by atoms with Gasteiger partial charge in [-0.3, -0.25) is 14.4 Å². The Morgan fingerprint density at radius 1 is 0.969 bits per heavy atom. The predicted octanol–water partition coefficient (Wildman–Crippen LogP) is 4.72. The highest BCUT2D eigenvalue weighted by molar-refractivity contribution is 6.03. The van der Waals surface area contributed by atoms with Crippen molar-refractivity contribution >= 4 is 29.1 Å². The lowest BCUT2D eigenvalue weighted by molar-refractivity contribution is -0.122. The van der Waals surface area contributed by atoms with Crippen molar-refractivity contribution in [2.45, 2.75) is 46.0 Å². The molecule has 0 saturated carbocycles. The van der Waals surface area contributed by atoms with Crippen LogP contribution in [0.25, 0.3) is 0 Å². The first-order valence-electron chi connectivity index (χ1n) is 11.6. The van der Waals surface area contributed by atoms with Crippen LogP contribution in [0.1, 0.15) is 56.3 Å². The van der Waals surface area contributed by atoms with Crippen molar-refractivity contribution in [3.8, 4) is 0 Å². The van der Waals surface area contributed by atoms with Crippen LogP contribution >= 0.6 is 0 Å². The van der Waals surface area contributed by atoms with E-state index in [1.54, 1.807) is 29.2 Å². The van der Waals surface area contributed by atoms with Gasteiger partial charge in [-0.2, -0.15) is 0 Å². The number of nitrogens with one attached hydrogen (secondary N) is 1. The molecule has 3 amide bonds. The van der Waals surface area contributed by atoms with Gasteiger partial charge in [0.05, 0.1) is 5.92 Å². The number of carbonyl (C=O) groups excluding carboxylic acids is 3. The largest absolute Gasteiger partial charge is 0.339 e. The Labute approximate surface area is 190 Å². The molecule has 1 aliphatic heterocycles. The first-order valence-corrected chi connectivity index (χ1v) is 11.6. The van der Waals surface area contributed by atoms with E-state index < -0.39 is 5.92 Å². The van der Waals surface area contributed by atoms with Crippen molar-refractivity contribution in [2.75, 3.05) is 29.9 Å². The summed E-state index contributed by atoms with van der Waals surface area (Å²) in [5, 5.41) is 2.90. The summed E-state index contributed by atoms with van der Waals surface area (Å²) in [6.45, 7) is 6.14. The highest BCUT2D eigenvalue weighted by Gasteiger charge is 2.35. The topological polar surface area (TPSA) is 69.7 Å². The fourth-order valence-electron chi connectivity index (χ4n) is 3.88. The molecule has 1 aliphatic rings. The lowest BCUT2D eigenvalue weighted by Gasteiger charge is -2.22. The van der Waals surface area contributed by atoms with Crippen LogP contribution < -0.4 is 10.2 Å². The molecule has 1 fully saturated rings. The van der Waals surface area contributed by atoms with Crippen LogP contribution in [0.2, 0.25) is 0 Å². The zero-order valence-corrected chi connectivity index (χ0v) is 19.0. The molecule has 1 N–H and O–H groups in total. The van der Waals surface area contributed by atoms with Gasteiger partial charge in [0, 0.05) is 43.0 Å². The van der Waals surface area contributed by atoms with Gasteiger partial charge in [0.25, 0.3) is 5.91 Å². The fraction of sp³-hybridized carbons (Fsp3) is 0.423. The summed E-state index contributed by atoms with van der Waals surface area (Å²) in [7, 11) is 0. The van der Waals surface area contributed by atoms with Gasteiger partial charge < -0.3 is 15.1 Å². The zero-order valence-electron chi connectivity index (χ0n) is 19.0. The Bertz CT molecular complexity index is 904. The lowest BCUT2D eigenvalue weighted by atomic mass is 10.1. The standard InChI is InChI=1S/C26H33N3O3/c1-3-5-16-28(17-6-4-2)26(32)20-12-14-22(15-13-20)27-25(31)21-18-24(30)29(19-21)23-10-8-7-9-11-23/h7-15,21H,3-6,16-19H2,1-2H3,(H,27,31). The Morgan fingerprint density at radius 3 is 2.19 bits per heavy atom. The van der Waals surface area contributed by atoms with E-state index in [0.29, 0.717) is 17.8 Å². The Morgan fingerprint density at radius 2 is 1.59 bits per heavy atom. The maximum Gasteiger partial charge on any atom is 0.253 e. The molecule has 0 spiro atoms. The average molecular weight is 436 g/mol. The second kappa shape index (κ2) is 11.5. The van der Waals surface area contributed by atoms with E-state index in [1.165, 1.54) is 0 Å². The average Bonchev–Trinajstić information content (AvgIpc) is 3.21. The highest BCUT2D eigenvalue weighted by Crippen LogP contribution is 2.26. The molecule has 6 nitrogen and oxygen atoms in total. The van der Waals surface area contributed by atoms with Crippen molar-refractivity contribution < 1.29 is 14.4 Å². The molecule has 1 unspecified atom stereocenters. The third kappa shape index (κ3) is 5.96. The second-order valence-corrected chi connectivity index (χ2v) is 8.31. The summed E-state index contributed by atoms with van der Waals surface area (Å²) in [4.78, 5) is 41.6. The summed E-state index contributed by atoms with van der Waals surface area (Å²) in [6, 6.07) is 16.4. The molecule has 0 aliphatic carbocycles. The normalized spacial score (nSPS) is 15.6. The molecule has 0 radical (unpaired) electrons. The van der Waals surface area contributed by atoms with Crippen molar-refractivity contribution in [3.05, 3.63) is 60.2 Å². The first kappa shape index (κ1) is 23.5. The summed E-state index contributed by atoms with van der Waals surface area (Å²) in [6.07, 6.45) is 4.27. The van der Waals surface area contributed by atoms with Crippen molar-refractivity contribution in [2.24, 2.45) is 5.92 Å². The van der Waals surface area contributed by atoms with Crippen molar-refractivity contribution in [3.63, 3.8) is 0 Å². The number of hydrogen-bond acceptors (Lipinski definition) is 3. The van der Waals surface area contributed by atoms with E-state index in [9.17, 15) is 14.4 Å². The van der Waals surface area contributed by atoms with Crippen molar-refractivity contribution in [1.82, 2.24) is 4.90 Å². The molecule has 1 heterocycles. The minimum absolute atomic E-state index is 0.0321. The van der Waals surface area contributed by atoms with E-state index in [1.807, 2.05) is 35.2 Å². The van der Waals surface area contributed by atoms with Gasteiger partial charge in [-0.25, -0.2) is 0 Å². The number of nitrogens with zero attached hydrogens (tertiary/aromatic N) is 2. The molecular formula is C26H33N3O3. The number of carbonyl (C=O) groups is 3. The summed E-state index contributed by atoms with van der Waals surface area (Å²) in [5.41, 5.74) is 2.07. The van der Waals surface area contributed by atoms with Crippen LogP contribution in [-0.2, 0) is 9.59 Å². The molecule has 170 valence electrons. The molecule has 2 aromatic rings. The Hall–Kier alpha value is -3.15. The summed E-state index contributed by atoms with van der Waals surface area (Å²) >= 11 is 0. The molecule has 0 aromatic heterocycles. The third-order valence-electron chi connectivity index (χ3n) is 5.81. The Balaban J connectivity index is 1.59. The minimum Gasteiger partial charge on any atom is -0.339 e. The first-order chi connectivity index (χ1) is 15.5. The fourth-order valence-corrected chi connectivity index (χ4v) is 3.88. The van der Waals surface area contributed by atoms with Crippen LogP contribution in [0.3, 0.4) is 0 Å². The van der Waals surface area contributed by atoms with Gasteiger partial charge in [0.15, 0.2) is 0 Å². The molecule has 1 atom stereocenters. The molecule has 0 bridgehead atoms. The molecule has 1 saturated heterocycles. The number of benzene rings is 2. The maximum atomic E-state index is 12.9. The quantitative estimate of drug-likeness (QED) is 0.587. The van der Waals surface area contributed by atoms with Gasteiger partial charge in [0.2, 0.25) is 11.8 Å². The molecule has 6 heteroatoms. The molecule has 3 rings (SSSR count). The van der Waals surface area contributed by atoms with Gasteiger partial charge in [0.1, 0.15) is 0 Å². The van der Waals surface area contributed by atoms with Crippen molar-refractivity contribution in [1.29, 1.82) is 0 Å². The minimum atomic E-state index is -0.400. The van der Waals surface area contributed by atoms with Crippen LogP contribution in [0.5, 0.6) is 0 Å². The van der Waals surface area contributed by atoms with E-state index >= 15 is 0 Å². The number of para-hydroxylation sites is 1. The smallest absolute Gasteiger partial charge is 0.253 e. The highest BCUT2D eigenvalue weighted by atomic mass is 16.2. The molecular weight excluding hydrogens is 402 g/mol. The van der Waals surface area contributed by atoms with Gasteiger partial charge in [-0.15, -0.1) is 0 Å². The molecule has 2 aromatic carbocycles. The SMILES string of the molecule is CCCCN(CCCC)C(=O)c1ccc(NC(=O)C2CC(=O)N(c3ccccc3)C2)cc1. The maximum absolute atomic E-state index is 12.9. The second-order valence-electron chi connectivity index (χ2n) is 8.31. The van der Waals surface area contributed by atoms with Gasteiger partial charge in [-0.1, -0.05) is 44.9 Å². The van der Waals surface area contributed by atoms with E-state index in [0.717, 1.165) is 44.5 Å². The number of rotatable bonds is 10. The van der Waals surface area contributed by atoms with Gasteiger partial charge in [-0.05, 0) is 49.2 Å². The van der Waals surface area contributed by atoms with E-state index in [4.69, 9.17) is 0 Å². The van der Waals surface area contributed by atoms with E-state index in [2.05, 4.69) is 19.2 Å². The number of amides is 3.